The molecule has 1 aromatic rings. The second-order valence-electron chi connectivity index (χ2n) is 6.79. The summed E-state index contributed by atoms with van der Waals surface area (Å²) >= 11 is 0. The molecular weight excluding hydrogens is 366 g/mol. The highest BCUT2D eigenvalue weighted by molar-refractivity contribution is 6.07. The van der Waals surface area contributed by atoms with E-state index in [1.807, 2.05) is 6.07 Å². The van der Waals surface area contributed by atoms with E-state index in [1.165, 1.54) is 0 Å². The number of amides is 1. The van der Waals surface area contributed by atoms with Crippen LogP contribution in [0.4, 0.5) is 0 Å². The maximum Gasteiger partial charge on any atom is 0.255 e. The number of hydrogen-bond donors (Lipinski definition) is 1. The number of ketones is 2. The SMILES string of the molecule is O=C1CCC(N2Cc3cc(OCCOCCOCCO)ccc3C2=O)C(=O)C1. The Morgan fingerprint density at radius 2 is 1.79 bits per heavy atom. The normalized spacial score (nSPS) is 19.2. The zero-order valence-electron chi connectivity index (χ0n) is 15.7. The highest BCUT2D eigenvalue weighted by Crippen LogP contribution is 2.31. The maximum atomic E-state index is 12.6. The van der Waals surface area contributed by atoms with E-state index in [0.717, 1.165) is 5.56 Å². The van der Waals surface area contributed by atoms with Gasteiger partial charge >= 0.3 is 0 Å². The third-order valence-corrected chi connectivity index (χ3v) is 4.83. The first-order chi connectivity index (χ1) is 13.6. The highest BCUT2D eigenvalue weighted by Gasteiger charge is 2.38. The van der Waals surface area contributed by atoms with Crippen molar-refractivity contribution in [2.24, 2.45) is 0 Å². The number of benzene rings is 1. The van der Waals surface area contributed by atoms with Gasteiger partial charge in [0.15, 0.2) is 5.78 Å². The molecule has 1 fully saturated rings. The number of aliphatic hydroxyl groups is 1. The summed E-state index contributed by atoms with van der Waals surface area (Å²) in [6.07, 6.45) is 0.667. The van der Waals surface area contributed by atoms with E-state index in [2.05, 4.69) is 0 Å². The van der Waals surface area contributed by atoms with Gasteiger partial charge in [0.2, 0.25) is 0 Å². The van der Waals surface area contributed by atoms with Crippen LogP contribution in [0, 0.1) is 0 Å². The average molecular weight is 391 g/mol. The minimum Gasteiger partial charge on any atom is -0.491 e. The molecule has 0 spiro atoms. The standard InChI is InChI=1S/C20H25NO7/c22-5-6-26-7-8-27-9-10-28-16-2-3-17-14(11-16)13-21(20(17)25)18-4-1-15(23)12-19(18)24/h2-3,11,18,22H,1,4-10,12-13H2. The molecule has 8 heteroatoms. The number of rotatable bonds is 10. The molecule has 1 aromatic carbocycles. The summed E-state index contributed by atoms with van der Waals surface area (Å²) in [5.41, 5.74) is 1.40. The first kappa shape index (κ1) is 20.4. The van der Waals surface area contributed by atoms with Crippen molar-refractivity contribution in [3.8, 4) is 5.75 Å². The van der Waals surface area contributed by atoms with Crippen LogP contribution < -0.4 is 4.74 Å². The lowest BCUT2D eigenvalue weighted by Crippen LogP contribution is -2.44. The molecule has 1 saturated carbocycles. The van der Waals surface area contributed by atoms with Gasteiger partial charge in [0.1, 0.15) is 18.1 Å². The highest BCUT2D eigenvalue weighted by atomic mass is 16.5. The van der Waals surface area contributed by atoms with Gasteiger partial charge in [-0.15, -0.1) is 0 Å². The van der Waals surface area contributed by atoms with Crippen molar-refractivity contribution >= 4 is 17.5 Å². The Balaban J connectivity index is 1.48. The van der Waals surface area contributed by atoms with Gasteiger partial charge < -0.3 is 24.2 Å². The van der Waals surface area contributed by atoms with Crippen molar-refractivity contribution < 1.29 is 33.7 Å². The van der Waals surface area contributed by atoms with Crippen LogP contribution in [0.3, 0.4) is 0 Å². The summed E-state index contributed by atoms with van der Waals surface area (Å²) in [5, 5.41) is 8.59. The van der Waals surface area contributed by atoms with Gasteiger partial charge in [-0.05, 0) is 30.2 Å². The Bertz CT molecular complexity index is 733. The molecule has 1 N–H and O–H groups in total. The second-order valence-corrected chi connectivity index (χ2v) is 6.79. The van der Waals surface area contributed by atoms with Crippen molar-refractivity contribution in [2.45, 2.75) is 31.8 Å². The predicted molar refractivity (Wildman–Crippen MR) is 98.2 cm³/mol. The van der Waals surface area contributed by atoms with Crippen LogP contribution in [-0.4, -0.2) is 73.2 Å². The smallest absolute Gasteiger partial charge is 0.255 e. The van der Waals surface area contributed by atoms with Crippen LogP contribution in [0.15, 0.2) is 18.2 Å². The zero-order valence-corrected chi connectivity index (χ0v) is 15.7. The van der Waals surface area contributed by atoms with Gasteiger partial charge in [0.25, 0.3) is 5.91 Å². The molecule has 28 heavy (non-hydrogen) atoms. The van der Waals surface area contributed by atoms with Crippen LogP contribution in [0.25, 0.3) is 0 Å². The molecule has 0 bridgehead atoms. The molecule has 3 rings (SSSR count). The molecule has 1 amide bonds. The third kappa shape index (κ3) is 4.95. The fraction of sp³-hybridized carbons (Fsp3) is 0.550. The van der Waals surface area contributed by atoms with Crippen molar-refractivity contribution in [1.29, 1.82) is 0 Å². The first-order valence-electron chi connectivity index (χ1n) is 9.47. The lowest BCUT2D eigenvalue weighted by atomic mass is 9.92. The molecule has 8 nitrogen and oxygen atoms in total. The largest absolute Gasteiger partial charge is 0.491 e. The molecule has 1 unspecified atom stereocenters. The monoisotopic (exact) mass is 391 g/mol. The van der Waals surface area contributed by atoms with Gasteiger partial charge in [-0.25, -0.2) is 0 Å². The number of aliphatic hydroxyl groups excluding tert-OH is 1. The topological polar surface area (TPSA) is 102 Å². The summed E-state index contributed by atoms with van der Waals surface area (Å²) in [7, 11) is 0. The van der Waals surface area contributed by atoms with Gasteiger partial charge in [-0.2, -0.15) is 0 Å². The van der Waals surface area contributed by atoms with Gasteiger partial charge in [-0.1, -0.05) is 0 Å². The van der Waals surface area contributed by atoms with Gasteiger partial charge in [-0.3, -0.25) is 14.4 Å². The van der Waals surface area contributed by atoms with Crippen LogP contribution >= 0.6 is 0 Å². The Morgan fingerprint density at radius 1 is 1.04 bits per heavy atom. The van der Waals surface area contributed by atoms with E-state index in [-0.39, 0.29) is 30.5 Å². The number of Topliss-reactive ketones (excluding diaryl/α,β-unsaturated/α-hetero) is 2. The number of fused-ring (bicyclic) bond motifs is 1. The van der Waals surface area contributed by atoms with Crippen LogP contribution in [-0.2, 0) is 25.6 Å². The Hall–Kier alpha value is -2.29. The van der Waals surface area contributed by atoms with Crippen LogP contribution in [0.1, 0.15) is 35.2 Å². The number of carbonyl (C=O) groups excluding carboxylic acids is 3. The quantitative estimate of drug-likeness (QED) is 0.463. The van der Waals surface area contributed by atoms with E-state index in [9.17, 15) is 14.4 Å². The predicted octanol–water partition coefficient (Wildman–Crippen LogP) is 0.737. The van der Waals surface area contributed by atoms with E-state index in [4.69, 9.17) is 19.3 Å². The minimum atomic E-state index is -0.511. The lowest BCUT2D eigenvalue weighted by molar-refractivity contribution is -0.133. The second kappa shape index (κ2) is 9.77. The third-order valence-electron chi connectivity index (χ3n) is 4.83. The zero-order chi connectivity index (χ0) is 19.9. The molecule has 152 valence electrons. The van der Waals surface area contributed by atoms with Gasteiger partial charge in [0, 0.05) is 18.5 Å². The van der Waals surface area contributed by atoms with E-state index >= 15 is 0 Å². The van der Waals surface area contributed by atoms with Crippen LogP contribution in [0.2, 0.25) is 0 Å². The molecule has 1 heterocycles. The molecule has 0 radical (unpaired) electrons. The van der Waals surface area contributed by atoms with E-state index in [1.54, 1.807) is 17.0 Å². The Morgan fingerprint density at radius 3 is 2.54 bits per heavy atom. The number of nitrogens with zero attached hydrogens (tertiary/aromatic N) is 1. The molecule has 1 atom stereocenters. The lowest BCUT2D eigenvalue weighted by Gasteiger charge is -2.29. The maximum absolute atomic E-state index is 12.6. The van der Waals surface area contributed by atoms with E-state index in [0.29, 0.717) is 63.7 Å². The molecule has 0 aromatic heterocycles. The minimum absolute atomic E-state index is 0.00555. The summed E-state index contributed by atoms with van der Waals surface area (Å²) < 4.78 is 16.1. The summed E-state index contributed by atoms with van der Waals surface area (Å²) in [6.45, 7) is 2.25. The fourth-order valence-electron chi connectivity index (χ4n) is 3.45. The summed E-state index contributed by atoms with van der Waals surface area (Å²) in [5.74, 6) is 0.247. The molecule has 1 aliphatic heterocycles. The first-order valence-corrected chi connectivity index (χ1v) is 9.47. The Labute approximate surface area is 163 Å². The summed E-state index contributed by atoms with van der Waals surface area (Å²) in [6, 6.07) is 4.76. The number of ether oxygens (including phenoxy) is 3. The van der Waals surface area contributed by atoms with Crippen molar-refractivity contribution in [3.05, 3.63) is 29.3 Å². The van der Waals surface area contributed by atoms with Crippen LogP contribution in [0.5, 0.6) is 5.75 Å². The average Bonchev–Trinajstić information content (AvgIpc) is 3.00. The molecule has 0 saturated heterocycles. The molecule has 2 aliphatic rings. The molecular formula is C20H25NO7. The van der Waals surface area contributed by atoms with Gasteiger partial charge in [0.05, 0.1) is 45.5 Å². The number of carbonyl (C=O) groups is 3. The fourth-order valence-corrected chi connectivity index (χ4v) is 3.45. The van der Waals surface area contributed by atoms with Crippen molar-refractivity contribution in [2.75, 3.05) is 39.6 Å². The van der Waals surface area contributed by atoms with Crippen molar-refractivity contribution in [1.82, 2.24) is 4.90 Å². The van der Waals surface area contributed by atoms with Crippen molar-refractivity contribution in [3.63, 3.8) is 0 Å². The summed E-state index contributed by atoms with van der Waals surface area (Å²) in [4.78, 5) is 37.8. The molecule has 1 aliphatic carbocycles. The Kier molecular flexibility index (Phi) is 7.13. The van der Waals surface area contributed by atoms with E-state index < -0.39 is 6.04 Å². The number of hydrogen-bond acceptors (Lipinski definition) is 7.